The van der Waals surface area contributed by atoms with Crippen molar-refractivity contribution < 1.29 is 10.2 Å². The number of rotatable bonds is 6. The predicted molar refractivity (Wildman–Crippen MR) is 66.1 cm³/mol. The number of benzene rings is 1. The van der Waals surface area contributed by atoms with E-state index in [1.165, 1.54) is 0 Å². The van der Waals surface area contributed by atoms with Gasteiger partial charge in [0, 0.05) is 5.92 Å². The highest BCUT2D eigenvalue weighted by Gasteiger charge is 2.25. The average Bonchev–Trinajstić information content (AvgIpc) is 2.31. The molecular weight excluding hydrogens is 200 g/mol. The molecule has 0 fully saturated rings. The molecule has 1 aromatic rings. The molecule has 2 heteroatoms. The zero-order chi connectivity index (χ0) is 12.0. The molecule has 2 nitrogen and oxygen atoms in total. The number of hydrogen-bond donors (Lipinski definition) is 2. The Hall–Kier alpha value is -0.860. The lowest BCUT2D eigenvalue weighted by molar-refractivity contribution is 0.00484. The van der Waals surface area contributed by atoms with Crippen LogP contribution in [0.2, 0.25) is 0 Å². The molecule has 1 rings (SSSR count). The van der Waals surface area contributed by atoms with Gasteiger partial charge < -0.3 is 10.2 Å². The van der Waals surface area contributed by atoms with Crippen LogP contribution in [0.25, 0.3) is 0 Å². The highest BCUT2D eigenvalue weighted by atomic mass is 16.3. The van der Waals surface area contributed by atoms with Crippen molar-refractivity contribution in [3.63, 3.8) is 0 Å². The molecule has 0 amide bonds. The van der Waals surface area contributed by atoms with E-state index in [4.69, 9.17) is 0 Å². The smallest absolute Gasteiger partial charge is 0.0842 e. The Kier molecular flexibility index (Phi) is 5.50. The number of hydrogen-bond acceptors (Lipinski definition) is 2. The predicted octanol–water partition coefficient (Wildman–Crippen LogP) is 2.91. The first kappa shape index (κ1) is 13.2. The highest BCUT2D eigenvalue weighted by molar-refractivity contribution is 5.18. The average molecular weight is 222 g/mol. The van der Waals surface area contributed by atoms with Gasteiger partial charge in [-0.2, -0.15) is 0 Å². The van der Waals surface area contributed by atoms with Crippen LogP contribution in [-0.4, -0.2) is 16.3 Å². The summed E-state index contributed by atoms with van der Waals surface area (Å²) in [6.45, 7) is 4.06. The second-order valence-corrected chi connectivity index (χ2v) is 4.28. The third-order valence-corrected chi connectivity index (χ3v) is 3.10. The van der Waals surface area contributed by atoms with Gasteiger partial charge in [0.1, 0.15) is 0 Å². The van der Waals surface area contributed by atoms with E-state index < -0.39 is 12.2 Å². The van der Waals surface area contributed by atoms with Crippen molar-refractivity contribution in [1.29, 1.82) is 0 Å². The molecule has 0 aromatic heterocycles. The van der Waals surface area contributed by atoms with Gasteiger partial charge in [-0.05, 0) is 18.4 Å². The quantitative estimate of drug-likeness (QED) is 0.777. The van der Waals surface area contributed by atoms with Gasteiger partial charge in [-0.1, -0.05) is 50.6 Å². The lowest BCUT2D eigenvalue weighted by atomic mass is 9.87. The molecule has 0 saturated heterocycles. The van der Waals surface area contributed by atoms with Gasteiger partial charge in [-0.3, -0.25) is 0 Å². The lowest BCUT2D eigenvalue weighted by Gasteiger charge is -2.26. The minimum absolute atomic E-state index is 0.0673. The highest BCUT2D eigenvalue weighted by Crippen LogP contribution is 2.28. The maximum absolute atomic E-state index is 10.2. The van der Waals surface area contributed by atoms with Gasteiger partial charge in [-0.15, -0.1) is 0 Å². The Balaban J connectivity index is 2.73. The fourth-order valence-electron chi connectivity index (χ4n) is 2.11. The minimum Gasteiger partial charge on any atom is -0.393 e. The molecule has 0 aliphatic carbocycles. The van der Waals surface area contributed by atoms with Crippen LogP contribution in [0, 0.1) is 5.92 Å². The van der Waals surface area contributed by atoms with Crippen molar-refractivity contribution in [3.05, 3.63) is 35.9 Å². The Morgan fingerprint density at radius 1 is 1.06 bits per heavy atom. The van der Waals surface area contributed by atoms with Crippen LogP contribution in [0.4, 0.5) is 0 Å². The van der Waals surface area contributed by atoms with E-state index in [1.54, 1.807) is 0 Å². The Labute approximate surface area is 97.9 Å². The molecule has 16 heavy (non-hydrogen) atoms. The standard InChI is InChI=1S/C14H22O2/c1-3-8-13(15)12(4-2)14(16)11-9-6-5-7-10-11/h5-7,9-10,12-16H,3-4,8H2,1-2H3/t12-,13+,14+/m1/s1. The molecule has 0 radical (unpaired) electrons. The summed E-state index contributed by atoms with van der Waals surface area (Å²) < 4.78 is 0. The molecule has 1 aromatic carbocycles. The zero-order valence-corrected chi connectivity index (χ0v) is 10.1. The van der Waals surface area contributed by atoms with E-state index >= 15 is 0 Å². The van der Waals surface area contributed by atoms with E-state index in [0.29, 0.717) is 0 Å². The summed E-state index contributed by atoms with van der Waals surface area (Å²) in [6, 6.07) is 9.58. The summed E-state index contributed by atoms with van der Waals surface area (Å²) in [4.78, 5) is 0. The molecule has 0 spiro atoms. The van der Waals surface area contributed by atoms with E-state index in [0.717, 1.165) is 24.8 Å². The van der Waals surface area contributed by atoms with Crippen LogP contribution >= 0.6 is 0 Å². The fraction of sp³-hybridized carbons (Fsp3) is 0.571. The van der Waals surface area contributed by atoms with Crippen molar-refractivity contribution in [2.45, 2.75) is 45.3 Å². The third kappa shape index (κ3) is 3.32. The van der Waals surface area contributed by atoms with Gasteiger partial charge >= 0.3 is 0 Å². The van der Waals surface area contributed by atoms with E-state index in [9.17, 15) is 10.2 Å². The van der Waals surface area contributed by atoms with E-state index in [1.807, 2.05) is 44.2 Å². The molecule has 2 N–H and O–H groups in total. The Morgan fingerprint density at radius 3 is 2.19 bits per heavy atom. The number of aliphatic hydroxyl groups is 2. The SMILES string of the molecule is CCC[C@H](O)[C@@H](CC)[C@@H](O)c1ccccc1. The molecule has 0 heterocycles. The largest absolute Gasteiger partial charge is 0.393 e. The summed E-state index contributed by atoms with van der Waals surface area (Å²) in [7, 11) is 0. The van der Waals surface area contributed by atoms with Crippen LogP contribution in [0.3, 0.4) is 0 Å². The summed E-state index contributed by atoms with van der Waals surface area (Å²) >= 11 is 0. The molecular formula is C14H22O2. The van der Waals surface area contributed by atoms with Crippen molar-refractivity contribution >= 4 is 0 Å². The molecule has 0 aliphatic rings. The topological polar surface area (TPSA) is 40.5 Å². The molecule has 90 valence electrons. The van der Waals surface area contributed by atoms with Crippen LogP contribution in [0.5, 0.6) is 0 Å². The fourth-order valence-corrected chi connectivity index (χ4v) is 2.11. The van der Waals surface area contributed by atoms with Gasteiger partial charge in [0.15, 0.2) is 0 Å². The molecule has 0 unspecified atom stereocenters. The lowest BCUT2D eigenvalue weighted by Crippen LogP contribution is -2.26. The van der Waals surface area contributed by atoms with Gasteiger partial charge in [0.05, 0.1) is 12.2 Å². The summed E-state index contributed by atoms with van der Waals surface area (Å²) in [5.74, 6) is -0.0673. The maximum atomic E-state index is 10.2. The van der Waals surface area contributed by atoms with Crippen molar-refractivity contribution in [2.24, 2.45) is 5.92 Å². The normalized spacial score (nSPS) is 16.8. The van der Waals surface area contributed by atoms with Crippen LogP contribution in [-0.2, 0) is 0 Å². The monoisotopic (exact) mass is 222 g/mol. The van der Waals surface area contributed by atoms with Gasteiger partial charge in [0.25, 0.3) is 0 Å². The van der Waals surface area contributed by atoms with E-state index in [-0.39, 0.29) is 5.92 Å². The second kappa shape index (κ2) is 6.66. The molecule has 3 atom stereocenters. The van der Waals surface area contributed by atoms with Crippen LogP contribution in [0.15, 0.2) is 30.3 Å². The van der Waals surface area contributed by atoms with Gasteiger partial charge in [-0.25, -0.2) is 0 Å². The Bertz CT molecular complexity index is 284. The van der Waals surface area contributed by atoms with Crippen molar-refractivity contribution in [2.75, 3.05) is 0 Å². The second-order valence-electron chi connectivity index (χ2n) is 4.28. The van der Waals surface area contributed by atoms with Crippen molar-refractivity contribution in [3.8, 4) is 0 Å². The Morgan fingerprint density at radius 2 is 1.69 bits per heavy atom. The zero-order valence-electron chi connectivity index (χ0n) is 10.1. The van der Waals surface area contributed by atoms with Gasteiger partial charge in [0.2, 0.25) is 0 Å². The van der Waals surface area contributed by atoms with Crippen LogP contribution in [0.1, 0.15) is 44.8 Å². The first-order valence-electron chi connectivity index (χ1n) is 6.11. The first-order chi connectivity index (χ1) is 7.70. The summed E-state index contributed by atoms with van der Waals surface area (Å²) in [5, 5.41) is 20.2. The maximum Gasteiger partial charge on any atom is 0.0842 e. The summed E-state index contributed by atoms with van der Waals surface area (Å²) in [6.07, 6.45) is 1.51. The molecule has 0 bridgehead atoms. The molecule has 0 aliphatic heterocycles. The number of aliphatic hydroxyl groups excluding tert-OH is 2. The minimum atomic E-state index is -0.562. The van der Waals surface area contributed by atoms with E-state index in [2.05, 4.69) is 0 Å². The summed E-state index contributed by atoms with van der Waals surface area (Å²) in [5.41, 5.74) is 0.893. The first-order valence-corrected chi connectivity index (χ1v) is 6.11. The molecule has 0 saturated carbocycles. The van der Waals surface area contributed by atoms with Crippen molar-refractivity contribution in [1.82, 2.24) is 0 Å². The third-order valence-electron chi connectivity index (χ3n) is 3.10. The van der Waals surface area contributed by atoms with Crippen LogP contribution < -0.4 is 0 Å².